The van der Waals surface area contributed by atoms with Gasteiger partial charge in [0.15, 0.2) is 0 Å². The number of rotatable bonds is 15. The second-order valence-electron chi connectivity index (χ2n) is 8.38. The molecule has 0 spiro atoms. The molecule has 4 heteroatoms. The standard InChI is InChI=1S/C27H39NO2S/c1-2-3-4-5-6-7-8-9-10-14-19-31-27(30)26-23(20-24(28)21-25(26)29)18-17-22-15-12-11-13-16-22/h11-13,15-16,20-21,29H,2-10,14,17-19,28H2,1H3. The monoisotopic (exact) mass is 441 g/mol. The van der Waals surface area contributed by atoms with Gasteiger partial charge in [0.1, 0.15) is 5.75 Å². The van der Waals surface area contributed by atoms with Crippen molar-refractivity contribution in [1.29, 1.82) is 0 Å². The van der Waals surface area contributed by atoms with E-state index in [0.717, 1.165) is 24.2 Å². The lowest BCUT2D eigenvalue weighted by atomic mass is 9.99. The molecule has 0 aliphatic rings. The first-order valence-electron chi connectivity index (χ1n) is 11.9. The number of benzene rings is 2. The van der Waals surface area contributed by atoms with E-state index in [1.165, 1.54) is 81.2 Å². The highest BCUT2D eigenvalue weighted by Gasteiger charge is 2.18. The number of phenolic OH excluding ortho intramolecular Hbond substituents is 1. The molecule has 0 unspecified atom stereocenters. The number of nitrogen functional groups attached to an aromatic ring is 1. The Balaban J connectivity index is 1.74. The van der Waals surface area contributed by atoms with Gasteiger partial charge in [0.05, 0.1) is 5.56 Å². The number of carbonyl (C=O) groups is 1. The average Bonchev–Trinajstić information content (AvgIpc) is 2.76. The Morgan fingerprint density at radius 1 is 0.871 bits per heavy atom. The molecule has 0 atom stereocenters. The van der Waals surface area contributed by atoms with Crippen LogP contribution in [-0.2, 0) is 12.8 Å². The van der Waals surface area contributed by atoms with Crippen molar-refractivity contribution in [1.82, 2.24) is 0 Å². The van der Waals surface area contributed by atoms with Gasteiger partial charge in [-0.2, -0.15) is 0 Å². The lowest BCUT2D eigenvalue weighted by Gasteiger charge is -2.12. The van der Waals surface area contributed by atoms with Gasteiger partial charge in [-0.3, -0.25) is 4.79 Å². The number of nitrogens with two attached hydrogens (primary N) is 1. The van der Waals surface area contributed by atoms with Gasteiger partial charge < -0.3 is 10.8 Å². The Morgan fingerprint density at radius 3 is 2.13 bits per heavy atom. The van der Waals surface area contributed by atoms with Gasteiger partial charge in [0.2, 0.25) is 5.12 Å². The van der Waals surface area contributed by atoms with Crippen molar-refractivity contribution < 1.29 is 9.90 Å². The molecular formula is C27H39NO2S. The fourth-order valence-corrected chi connectivity index (χ4v) is 4.81. The molecule has 0 saturated heterocycles. The molecule has 0 fully saturated rings. The lowest BCUT2D eigenvalue weighted by Crippen LogP contribution is -2.05. The molecule has 0 saturated carbocycles. The number of aromatic hydroxyl groups is 1. The minimum atomic E-state index is -0.0449. The van der Waals surface area contributed by atoms with Crippen molar-refractivity contribution in [2.24, 2.45) is 0 Å². The molecule has 3 nitrogen and oxygen atoms in total. The molecule has 2 rings (SSSR count). The van der Waals surface area contributed by atoms with Gasteiger partial charge in [-0.1, -0.05) is 107 Å². The summed E-state index contributed by atoms with van der Waals surface area (Å²) in [5.74, 6) is 0.806. The van der Waals surface area contributed by atoms with Crippen molar-refractivity contribution in [3.63, 3.8) is 0 Å². The number of phenols is 1. The van der Waals surface area contributed by atoms with E-state index >= 15 is 0 Å². The normalized spacial score (nSPS) is 11.0. The first-order valence-corrected chi connectivity index (χ1v) is 12.9. The summed E-state index contributed by atoms with van der Waals surface area (Å²) in [6.45, 7) is 2.25. The number of aryl methyl sites for hydroxylation is 2. The summed E-state index contributed by atoms with van der Waals surface area (Å²) in [5, 5.41) is 10.4. The van der Waals surface area contributed by atoms with E-state index in [1.807, 2.05) is 24.3 Å². The highest BCUT2D eigenvalue weighted by molar-refractivity contribution is 8.14. The fraction of sp³-hybridized carbons (Fsp3) is 0.519. The SMILES string of the molecule is CCCCCCCCCCCCSC(=O)c1c(O)cc(N)cc1CCc1ccccc1. The molecule has 31 heavy (non-hydrogen) atoms. The number of unbranched alkanes of at least 4 members (excludes halogenated alkanes) is 9. The van der Waals surface area contributed by atoms with Crippen molar-refractivity contribution in [2.45, 2.75) is 84.0 Å². The van der Waals surface area contributed by atoms with Gasteiger partial charge in [-0.15, -0.1) is 0 Å². The van der Waals surface area contributed by atoms with Crippen LogP contribution < -0.4 is 5.73 Å². The number of carbonyl (C=O) groups excluding carboxylic acids is 1. The maximum Gasteiger partial charge on any atom is 0.223 e. The molecular weight excluding hydrogens is 402 g/mol. The van der Waals surface area contributed by atoms with E-state index in [2.05, 4.69) is 19.1 Å². The zero-order valence-electron chi connectivity index (χ0n) is 19.1. The molecule has 3 N–H and O–H groups in total. The maximum absolute atomic E-state index is 12.8. The van der Waals surface area contributed by atoms with Crippen molar-refractivity contribution in [3.8, 4) is 5.75 Å². The molecule has 2 aromatic rings. The van der Waals surface area contributed by atoms with E-state index in [4.69, 9.17) is 5.73 Å². The third kappa shape index (κ3) is 9.82. The summed E-state index contributed by atoms with van der Waals surface area (Å²) in [7, 11) is 0. The molecule has 0 amide bonds. The van der Waals surface area contributed by atoms with E-state index < -0.39 is 0 Å². The van der Waals surface area contributed by atoms with E-state index in [0.29, 0.717) is 17.7 Å². The molecule has 0 aliphatic carbocycles. The van der Waals surface area contributed by atoms with Gasteiger partial charge in [-0.05, 0) is 36.5 Å². The Morgan fingerprint density at radius 2 is 1.48 bits per heavy atom. The molecule has 0 aliphatic heterocycles. The zero-order chi connectivity index (χ0) is 22.3. The average molecular weight is 442 g/mol. The zero-order valence-corrected chi connectivity index (χ0v) is 19.9. The van der Waals surface area contributed by atoms with Crippen LogP contribution in [0.1, 0.15) is 92.6 Å². The quantitative estimate of drug-likeness (QED) is 0.221. The number of hydrogen-bond acceptors (Lipinski definition) is 4. The first-order chi connectivity index (χ1) is 15.1. The highest BCUT2D eigenvalue weighted by Crippen LogP contribution is 2.30. The summed E-state index contributed by atoms with van der Waals surface area (Å²) in [6, 6.07) is 13.5. The summed E-state index contributed by atoms with van der Waals surface area (Å²) in [4.78, 5) is 12.8. The van der Waals surface area contributed by atoms with Crippen LogP contribution >= 0.6 is 11.8 Å². The van der Waals surface area contributed by atoms with Gasteiger partial charge in [0, 0.05) is 17.5 Å². The van der Waals surface area contributed by atoms with Gasteiger partial charge >= 0.3 is 0 Å². The summed E-state index contributed by atoms with van der Waals surface area (Å²) < 4.78 is 0. The largest absolute Gasteiger partial charge is 0.507 e. The molecule has 2 aromatic carbocycles. The van der Waals surface area contributed by atoms with E-state index in [1.54, 1.807) is 0 Å². The van der Waals surface area contributed by atoms with Crippen molar-refractivity contribution >= 4 is 22.6 Å². The molecule has 0 bridgehead atoms. The first kappa shape index (κ1) is 25.3. The second-order valence-corrected chi connectivity index (χ2v) is 9.45. The molecule has 0 aromatic heterocycles. The Kier molecular flexibility index (Phi) is 12.2. The minimum Gasteiger partial charge on any atom is -0.507 e. The Labute approximate surface area is 192 Å². The van der Waals surface area contributed by atoms with Crippen molar-refractivity contribution in [2.75, 3.05) is 11.5 Å². The predicted octanol–water partition coefficient (Wildman–Crippen LogP) is 7.55. The minimum absolute atomic E-state index is 0.00337. The Hall–Kier alpha value is -1.94. The van der Waals surface area contributed by atoms with Gasteiger partial charge in [-0.25, -0.2) is 0 Å². The van der Waals surface area contributed by atoms with Crippen LogP contribution in [0.2, 0.25) is 0 Å². The van der Waals surface area contributed by atoms with Crippen molar-refractivity contribution in [3.05, 3.63) is 59.2 Å². The van der Waals surface area contributed by atoms with E-state index in [9.17, 15) is 9.90 Å². The van der Waals surface area contributed by atoms with Crippen LogP contribution in [0, 0.1) is 0 Å². The highest BCUT2D eigenvalue weighted by atomic mass is 32.2. The van der Waals surface area contributed by atoms with Crippen LogP contribution in [0.4, 0.5) is 5.69 Å². The van der Waals surface area contributed by atoms with Gasteiger partial charge in [0.25, 0.3) is 0 Å². The van der Waals surface area contributed by atoms with Crippen LogP contribution in [-0.4, -0.2) is 16.0 Å². The van der Waals surface area contributed by atoms with Crippen LogP contribution in [0.15, 0.2) is 42.5 Å². The smallest absolute Gasteiger partial charge is 0.223 e. The third-order valence-corrected chi connectivity index (χ3v) is 6.64. The second kappa shape index (κ2) is 15.0. The van der Waals surface area contributed by atoms with Crippen LogP contribution in [0.3, 0.4) is 0 Å². The molecule has 0 radical (unpaired) electrons. The van der Waals surface area contributed by atoms with E-state index in [-0.39, 0.29) is 10.9 Å². The summed E-state index contributed by atoms with van der Waals surface area (Å²) in [5.41, 5.74) is 8.91. The maximum atomic E-state index is 12.8. The molecule has 0 heterocycles. The van der Waals surface area contributed by atoms with Crippen LogP contribution in [0.25, 0.3) is 0 Å². The lowest BCUT2D eigenvalue weighted by molar-refractivity contribution is 0.108. The number of hydrogen-bond donors (Lipinski definition) is 2. The Bertz CT molecular complexity index is 776. The number of anilines is 1. The number of thioether (sulfide) groups is 1. The third-order valence-electron chi connectivity index (χ3n) is 5.68. The topological polar surface area (TPSA) is 63.3 Å². The predicted molar refractivity (Wildman–Crippen MR) is 135 cm³/mol. The fourth-order valence-electron chi connectivity index (χ4n) is 3.89. The molecule has 170 valence electrons. The van der Waals surface area contributed by atoms with Crippen LogP contribution in [0.5, 0.6) is 5.75 Å². The summed E-state index contributed by atoms with van der Waals surface area (Å²) >= 11 is 1.32. The summed E-state index contributed by atoms with van der Waals surface area (Å²) in [6.07, 6.45) is 14.4.